The Morgan fingerprint density at radius 1 is 1.56 bits per heavy atom. The number of aromatic nitrogens is 2. The van der Waals surface area contributed by atoms with E-state index in [4.69, 9.17) is 4.74 Å². The van der Waals surface area contributed by atoms with E-state index in [9.17, 15) is 9.90 Å². The zero-order valence-corrected chi connectivity index (χ0v) is 10.3. The normalized spacial score (nSPS) is 27.1. The van der Waals surface area contributed by atoms with Crippen molar-refractivity contribution in [2.45, 2.75) is 38.1 Å². The average molecular weight is 250 g/mol. The number of aliphatic carboxylic acids is 1. The summed E-state index contributed by atoms with van der Waals surface area (Å²) in [5, 5.41) is 9.21. The van der Waals surface area contributed by atoms with Crippen LogP contribution in [0.25, 0.3) is 0 Å². The topological polar surface area (TPSA) is 64.3 Å². The molecule has 18 heavy (non-hydrogen) atoms. The molecule has 1 aromatic heterocycles. The number of carboxylic acids is 1. The number of fused-ring (bicyclic) bond motifs is 1. The molecule has 1 aromatic rings. The molecule has 2 aliphatic rings. The van der Waals surface area contributed by atoms with Crippen LogP contribution in [0.3, 0.4) is 0 Å². The Hall–Kier alpha value is -1.36. The zero-order chi connectivity index (χ0) is 12.5. The minimum atomic E-state index is -0.753. The second-order valence-corrected chi connectivity index (χ2v) is 5.25. The van der Waals surface area contributed by atoms with Gasteiger partial charge in [0, 0.05) is 26.0 Å². The van der Waals surface area contributed by atoms with Crippen molar-refractivity contribution < 1.29 is 14.6 Å². The first-order valence-electron chi connectivity index (χ1n) is 6.60. The number of aryl methyl sites for hydroxylation is 1. The molecule has 1 fully saturated rings. The minimum absolute atomic E-state index is 0.424. The Balaban J connectivity index is 1.79. The summed E-state index contributed by atoms with van der Waals surface area (Å²) < 4.78 is 7.38. The SMILES string of the molecule is O=C(O)C1CCCn2cc(CC3CCOC3)nc21. The molecule has 0 radical (unpaired) electrons. The molecule has 0 aliphatic carbocycles. The van der Waals surface area contributed by atoms with Gasteiger partial charge in [-0.2, -0.15) is 0 Å². The molecule has 3 rings (SSSR count). The number of carboxylic acid groups (broad SMARTS) is 1. The maximum absolute atomic E-state index is 11.2. The van der Waals surface area contributed by atoms with Crippen LogP contribution in [0.2, 0.25) is 0 Å². The van der Waals surface area contributed by atoms with E-state index in [2.05, 4.69) is 4.98 Å². The predicted molar refractivity (Wildman–Crippen MR) is 64.5 cm³/mol. The van der Waals surface area contributed by atoms with Crippen LogP contribution < -0.4 is 0 Å². The van der Waals surface area contributed by atoms with E-state index < -0.39 is 11.9 Å². The monoisotopic (exact) mass is 250 g/mol. The molecule has 0 spiro atoms. The summed E-state index contributed by atoms with van der Waals surface area (Å²) in [6.45, 7) is 2.55. The van der Waals surface area contributed by atoms with Crippen LogP contribution in [-0.4, -0.2) is 33.8 Å². The molecule has 0 bridgehead atoms. The number of nitrogens with zero attached hydrogens (tertiary/aromatic N) is 2. The Kier molecular flexibility index (Phi) is 3.07. The fourth-order valence-corrected chi connectivity index (χ4v) is 2.91. The van der Waals surface area contributed by atoms with Crippen molar-refractivity contribution in [1.82, 2.24) is 9.55 Å². The van der Waals surface area contributed by atoms with E-state index in [0.717, 1.165) is 50.5 Å². The van der Waals surface area contributed by atoms with Crippen molar-refractivity contribution in [1.29, 1.82) is 0 Å². The van der Waals surface area contributed by atoms with E-state index in [1.54, 1.807) is 0 Å². The molecule has 0 saturated carbocycles. The van der Waals surface area contributed by atoms with Crippen molar-refractivity contribution in [3.8, 4) is 0 Å². The van der Waals surface area contributed by atoms with E-state index in [0.29, 0.717) is 12.3 Å². The Morgan fingerprint density at radius 3 is 3.17 bits per heavy atom. The smallest absolute Gasteiger partial charge is 0.314 e. The highest BCUT2D eigenvalue weighted by Crippen LogP contribution is 2.28. The van der Waals surface area contributed by atoms with Gasteiger partial charge in [0.15, 0.2) is 0 Å². The van der Waals surface area contributed by atoms with Crippen molar-refractivity contribution in [2.24, 2.45) is 5.92 Å². The molecule has 98 valence electrons. The summed E-state index contributed by atoms with van der Waals surface area (Å²) in [5.74, 6) is 0.109. The Labute approximate surface area is 106 Å². The summed E-state index contributed by atoms with van der Waals surface area (Å²) in [7, 11) is 0. The molecule has 1 N–H and O–H groups in total. The van der Waals surface area contributed by atoms with Gasteiger partial charge in [0.05, 0.1) is 5.69 Å². The van der Waals surface area contributed by atoms with Crippen molar-refractivity contribution in [2.75, 3.05) is 13.2 Å². The first-order valence-corrected chi connectivity index (χ1v) is 6.60. The van der Waals surface area contributed by atoms with Crippen LogP contribution in [0.5, 0.6) is 0 Å². The summed E-state index contributed by atoms with van der Waals surface area (Å²) in [4.78, 5) is 15.7. The maximum Gasteiger partial charge on any atom is 0.314 e. The summed E-state index contributed by atoms with van der Waals surface area (Å²) in [6.07, 6.45) is 5.66. The highest BCUT2D eigenvalue weighted by molar-refractivity contribution is 5.75. The molecular weight excluding hydrogens is 232 g/mol. The van der Waals surface area contributed by atoms with Crippen LogP contribution in [0, 0.1) is 5.92 Å². The van der Waals surface area contributed by atoms with Crippen LogP contribution in [0.1, 0.15) is 36.7 Å². The first-order chi connectivity index (χ1) is 8.74. The van der Waals surface area contributed by atoms with Gasteiger partial charge in [-0.15, -0.1) is 0 Å². The first kappa shape index (κ1) is 11.7. The third kappa shape index (κ3) is 2.14. The van der Waals surface area contributed by atoms with E-state index in [1.807, 2.05) is 10.8 Å². The highest BCUT2D eigenvalue weighted by Gasteiger charge is 2.29. The lowest BCUT2D eigenvalue weighted by Gasteiger charge is -2.19. The lowest BCUT2D eigenvalue weighted by Crippen LogP contribution is -2.22. The van der Waals surface area contributed by atoms with Gasteiger partial charge in [-0.25, -0.2) is 4.98 Å². The molecule has 2 atom stereocenters. The predicted octanol–water partition coefficient (Wildman–Crippen LogP) is 1.42. The fraction of sp³-hybridized carbons (Fsp3) is 0.692. The summed E-state index contributed by atoms with van der Waals surface area (Å²) in [6, 6.07) is 0. The molecule has 3 heterocycles. The van der Waals surface area contributed by atoms with E-state index >= 15 is 0 Å². The number of hydrogen-bond acceptors (Lipinski definition) is 3. The quantitative estimate of drug-likeness (QED) is 0.881. The average Bonchev–Trinajstić information content (AvgIpc) is 2.96. The minimum Gasteiger partial charge on any atom is -0.481 e. The molecule has 5 nitrogen and oxygen atoms in total. The van der Waals surface area contributed by atoms with E-state index in [-0.39, 0.29) is 0 Å². The molecule has 2 unspecified atom stereocenters. The molecular formula is C13H18N2O3. The maximum atomic E-state index is 11.2. The Morgan fingerprint density at radius 2 is 2.44 bits per heavy atom. The second kappa shape index (κ2) is 4.72. The third-order valence-electron chi connectivity index (χ3n) is 3.88. The van der Waals surface area contributed by atoms with Gasteiger partial charge in [-0.3, -0.25) is 4.79 Å². The number of imidazole rings is 1. The van der Waals surface area contributed by atoms with Gasteiger partial charge in [-0.1, -0.05) is 0 Å². The molecule has 5 heteroatoms. The number of hydrogen-bond donors (Lipinski definition) is 1. The fourth-order valence-electron chi connectivity index (χ4n) is 2.91. The molecule has 0 aromatic carbocycles. The van der Waals surface area contributed by atoms with Gasteiger partial charge < -0.3 is 14.4 Å². The Bertz CT molecular complexity index is 449. The van der Waals surface area contributed by atoms with Crippen LogP contribution in [0.4, 0.5) is 0 Å². The number of rotatable bonds is 3. The van der Waals surface area contributed by atoms with Gasteiger partial charge >= 0.3 is 5.97 Å². The van der Waals surface area contributed by atoms with Crippen molar-refractivity contribution in [3.63, 3.8) is 0 Å². The standard InChI is InChI=1S/C13H18N2O3/c16-13(17)11-2-1-4-15-7-10(14-12(11)15)6-9-3-5-18-8-9/h7,9,11H,1-6,8H2,(H,16,17). The highest BCUT2D eigenvalue weighted by atomic mass is 16.5. The lowest BCUT2D eigenvalue weighted by molar-refractivity contribution is -0.139. The summed E-state index contributed by atoms with van der Waals surface area (Å²) >= 11 is 0. The van der Waals surface area contributed by atoms with Gasteiger partial charge in [-0.05, 0) is 31.6 Å². The molecule has 1 saturated heterocycles. The van der Waals surface area contributed by atoms with Crippen LogP contribution in [0.15, 0.2) is 6.20 Å². The molecule has 2 aliphatic heterocycles. The van der Waals surface area contributed by atoms with Gasteiger partial charge in [0.2, 0.25) is 0 Å². The number of carbonyl (C=O) groups is 1. The van der Waals surface area contributed by atoms with Crippen molar-refractivity contribution >= 4 is 5.97 Å². The van der Waals surface area contributed by atoms with Crippen molar-refractivity contribution in [3.05, 3.63) is 17.7 Å². The van der Waals surface area contributed by atoms with Crippen LogP contribution >= 0.6 is 0 Å². The zero-order valence-electron chi connectivity index (χ0n) is 10.3. The second-order valence-electron chi connectivity index (χ2n) is 5.25. The van der Waals surface area contributed by atoms with Crippen LogP contribution in [-0.2, 0) is 22.5 Å². The molecule has 0 amide bonds. The van der Waals surface area contributed by atoms with Gasteiger partial charge in [0.1, 0.15) is 11.7 Å². The summed E-state index contributed by atoms with van der Waals surface area (Å²) in [5.41, 5.74) is 1.02. The van der Waals surface area contributed by atoms with Gasteiger partial charge in [0.25, 0.3) is 0 Å². The van der Waals surface area contributed by atoms with E-state index in [1.165, 1.54) is 0 Å². The third-order valence-corrected chi connectivity index (χ3v) is 3.88. The largest absolute Gasteiger partial charge is 0.481 e. The number of ether oxygens (including phenoxy) is 1. The lowest BCUT2D eigenvalue weighted by atomic mass is 9.99.